The van der Waals surface area contributed by atoms with E-state index in [1.807, 2.05) is 0 Å². The van der Waals surface area contributed by atoms with Crippen LogP contribution in [0.3, 0.4) is 0 Å². The second-order valence-corrected chi connectivity index (χ2v) is 6.25. The number of methoxy groups -OCH3 is 1. The maximum Gasteiger partial charge on any atom is 0.0477 e. The van der Waals surface area contributed by atoms with Gasteiger partial charge in [-0.15, -0.1) is 0 Å². The molecule has 1 fully saturated rings. The van der Waals surface area contributed by atoms with E-state index in [0.717, 1.165) is 25.5 Å². The summed E-state index contributed by atoms with van der Waals surface area (Å²) in [7, 11) is 1.78. The lowest BCUT2D eigenvalue weighted by Gasteiger charge is -2.22. The molecule has 0 heterocycles. The van der Waals surface area contributed by atoms with E-state index in [4.69, 9.17) is 4.74 Å². The molecule has 0 aromatic rings. The summed E-state index contributed by atoms with van der Waals surface area (Å²) < 4.78 is 5.14. The van der Waals surface area contributed by atoms with Crippen LogP contribution in [0.2, 0.25) is 0 Å². The first kappa shape index (κ1) is 14.3. The van der Waals surface area contributed by atoms with Gasteiger partial charge in [-0.05, 0) is 36.9 Å². The van der Waals surface area contributed by atoms with Crippen LogP contribution in [0.4, 0.5) is 0 Å². The zero-order valence-electron chi connectivity index (χ0n) is 11.0. The van der Waals surface area contributed by atoms with Crippen LogP contribution >= 0.6 is 11.8 Å². The molecule has 3 heteroatoms. The third-order valence-corrected chi connectivity index (χ3v) is 4.34. The first-order valence-electron chi connectivity index (χ1n) is 6.54. The van der Waals surface area contributed by atoms with Gasteiger partial charge >= 0.3 is 0 Å². The van der Waals surface area contributed by atoms with Crippen molar-refractivity contribution in [1.82, 2.24) is 5.32 Å². The van der Waals surface area contributed by atoms with Crippen LogP contribution in [0.5, 0.6) is 0 Å². The summed E-state index contributed by atoms with van der Waals surface area (Å²) in [6.45, 7) is 6.57. The van der Waals surface area contributed by atoms with Gasteiger partial charge in [0.1, 0.15) is 0 Å². The van der Waals surface area contributed by atoms with Gasteiger partial charge in [0.05, 0.1) is 0 Å². The Labute approximate surface area is 105 Å². The highest BCUT2D eigenvalue weighted by Gasteiger charge is 2.20. The van der Waals surface area contributed by atoms with E-state index >= 15 is 0 Å². The fourth-order valence-corrected chi connectivity index (χ4v) is 2.86. The van der Waals surface area contributed by atoms with E-state index in [0.29, 0.717) is 12.0 Å². The second-order valence-electron chi connectivity index (χ2n) is 5.10. The Morgan fingerprint density at radius 3 is 2.69 bits per heavy atom. The quantitative estimate of drug-likeness (QED) is 0.598. The molecule has 96 valence electrons. The van der Waals surface area contributed by atoms with E-state index in [1.165, 1.54) is 24.3 Å². The number of hydrogen-bond acceptors (Lipinski definition) is 3. The minimum atomic E-state index is 0.612. The van der Waals surface area contributed by atoms with E-state index in [9.17, 15) is 0 Å². The highest BCUT2D eigenvalue weighted by atomic mass is 32.2. The lowest BCUT2D eigenvalue weighted by molar-refractivity contribution is 0.174. The maximum absolute atomic E-state index is 5.14. The third kappa shape index (κ3) is 6.77. The Bertz CT molecular complexity index is 171. The van der Waals surface area contributed by atoms with Crippen molar-refractivity contribution in [1.29, 1.82) is 0 Å². The van der Waals surface area contributed by atoms with Gasteiger partial charge in [0.15, 0.2) is 0 Å². The normalized spacial score (nSPS) is 18.0. The zero-order valence-corrected chi connectivity index (χ0v) is 11.8. The fourth-order valence-electron chi connectivity index (χ4n) is 1.77. The smallest absolute Gasteiger partial charge is 0.0477 e. The van der Waals surface area contributed by atoms with Crippen molar-refractivity contribution in [2.45, 2.75) is 39.2 Å². The number of hydrogen-bond donors (Lipinski definition) is 1. The van der Waals surface area contributed by atoms with E-state index in [1.54, 1.807) is 7.11 Å². The Hall–Kier alpha value is 0.270. The van der Waals surface area contributed by atoms with Crippen LogP contribution < -0.4 is 5.32 Å². The van der Waals surface area contributed by atoms with Crippen molar-refractivity contribution < 1.29 is 4.74 Å². The van der Waals surface area contributed by atoms with Gasteiger partial charge in [-0.25, -0.2) is 0 Å². The highest BCUT2D eigenvalue weighted by molar-refractivity contribution is 7.99. The Morgan fingerprint density at radius 1 is 1.38 bits per heavy atom. The SMILES string of the molecule is COCCC(NCCSCC1CC1)C(C)C. The predicted octanol–water partition coefficient (Wildman–Crippen LogP) is 2.78. The van der Waals surface area contributed by atoms with Gasteiger partial charge in [-0.3, -0.25) is 0 Å². The van der Waals surface area contributed by atoms with Crippen LogP contribution in [-0.2, 0) is 4.74 Å². The molecular formula is C13H27NOS. The Kier molecular flexibility index (Phi) is 7.50. The molecule has 1 saturated carbocycles. The lowest BCUT2D eigenvalue weighted by Crippen LogP contribution is -2.36. The van der Waals surface area contributed by atoms with Crippen LogP contribution in [0.15, 0.2) is 0 Å². The summed E-state index contributed by atoms with van der Waals surface area (Å²) in [4.78, 5) is 0. The Balaban J connectivity index is 1.96. The van der Waals surface area contributed by atoms with Gasteiger partial charge in [-0.1, -0.05) is 13.8 Å². The van der Waals surface area contributed by atoms with Crippen molar-refractivity contribution >= 4 is 11.8 Å². The molecule has 1 aliphatic rings. The number of ether oxygens (including phenoxy) is 1. The van der Waals surface area contributed by atoms with E-state index in [2.05, 4.69) is 30.9 Å². The zero-order chi connectivity index (χ0) is 11.8. The number of nitrogens with one attached hydrogen (secondary N) is 1. The largest absolute Gasteiger partial charge is 0.385 e. The molecule has 1 aliphatic carbocycles. The fraction of sp³-hybridized carbons (Fsp3) is 1.00. The van der Waals surface area contributed by atoms with Crippen LogP contribution in [0, 0.1) is 11.8 Å². The first-order valence-corrected chi connectivity index (χ1v) is 7.69. The molecule has 0 bridgehead atoms. The molecular weight excluding hydrogens is 218 g/mol. The molecule has 0 aromatic carbocycles. The standard InChI is InChI=1S/C13H27NOS/c1-11(2)13(6-8-15-3)14-7-9-16-10-12-4-5-12/h11-14H,4-10H2,1-3H3. The molecule has 0 aromatic heterocycles. The number of rotatable bonds is 10. The van der Waals surface area contributed by atoms with Gasteiger partial charge in [0, 0.05) is 32.1 Å². The predicted molar refractivity (Wildman–Crippen MR) is 73.2 cm³/mol. The lowest BCUT2D eigenvalue weighted by atomic mass is 10.0. The van der Waals surface area contributed by atoms with Crippen LogP contribution in [-0.4, -0.2) is 37.8 Å². The first-order chi connectivity index (χ1) is 7.74. The number of thioether (sulfide) groups is 1. The highest BCUT2D eigenvalue weighted by Crippen LogP contribution is 2.32. The Morgan fingerprint density at radius 2 is 2.12 bits per heavy atom. The molecule has 1 rings (SSSR count). The molecule has 1 unspecified atom stereocenters. The van der Waals surface area contributed by atoms with Crippen LogP contribution in [0.25, 0.3) is 0 Å². The van der Waals surface area contributed by atoms with E-state index in [-0.39, 0.29) is 0 Å². The molecule has 0 aliphatic heterocycles. The summed E-state index contributed by atoms with van der Waals surface area (Å²) in [5.74, 6) is 4.39. The summed E-state index contributed by atoms with van der Waals surface area (Å²) in [5, 5.41) is 3.65. The molecule has 1 atom stereocenters. The molecule has 2 nitrogen and oxygen atoms in total. The van der Waals surface area contributed by atoms with E-state index < -0.39 is 0 Å². The minimum Gasteiger partial charge on any atom is -0.385 e. The molecule has 0 radical (unpaired) electrons. The van der Waals surface area contributed by atoms with Crippen molar-refractivity contribution in [2.75, 3.05) is 31.8 Å². The van der Waals surface area contributed by atoms with Gasteiger partial charge < -0.3 is 10.1 Å². The van der Waals surface area contributed by atoms with Crippen LogP contribution in [0.1, 0.15) is 33.1 Å². The third-order valence-electron chi connectivity index (χ3n) is 3.14. The van der Waals surface area contributed by atoms with Gasteiger partial charge in [0.25, 0.3) is 0 Å². The summed E-state index contributed by atoms with van der Waals surface area (Å²) in [6.07, 6.45) is 4.08. The van der Waals surface area contributed by atoms with Crippen molar-refractivity contribution in [3.63, 3.8) is 0 Å². The van der Waals surface area contributed by atoms with Gasteiger partial charge in [-0.2, -0.15) is 11.8 Å². The van der Waals surface area contributed by atoms with Crippen molar-refractivity contribution in [2.24, 2.45) is 11.8 Å². The second kappa shape index (κ2) is 8.37. The maximum atomic E-state index is 5.14. The topological polar surface area (TPSA) is 21.3 Å². The monoisotopic (exact) mass is 245 g/mol. The molecule has 0 spiro atoms. The van der Waals surface area contributed by atoms with Crippen molar-refractivity contribution in [3.8, 4) is 0 Å². The summed E-state index contributed by atoms with van der Waals surface area (Å²) in [6, 6.07) is 0.612. The minimum absolute atomic E-state index is 0.612. The average molecular weight is 245 g/mol. The molecule has 1 N–H and O–H groups in total. The average Bonchev–Trinajstić information content (AvgIpc) is 3.05. The molecule has 0 saturated heterocycles. The van der Waals surface area contributed by atoms with Gasteiger partial charge in [0.2, 0.25) is 0 Å². The molecule has 0 amide bonds. The summed E-state index contributed by atoms with van der Waals surface area (Å²) >= 11 is 2.11. The summed E-state index contributed by atoms with van der Waals surface area (Å²) in [5.41, 5.74) is 0. The van der Waals surface area contributed by atoms with Crippen molar-refractivity contribution in [3.05, 3.63) is 0 Å². The molecule has 16 heavy (non-hydrogen) atoms.